The summed E-state index contributed by atoms with van der Waals surface area (Å²) < 4.78 is 12.0. The molecular formula is C14H15N5O3S. The molecule has 9 heteroatoms. The third-order valence-corrected chi connectivity index (χ3v) is 4.14. The zero-order valence-corrected chi connectivity index (χ0v) is 13.7. The van der Waals surface area contributed by atoms with Crippen LogP contribution in [-0.2, 0) is 6.54 Å². The van der Waals surface area contributed by atoms with E-state index in [-0.39, 0.29) is 5.91 Å². The second-order valence-electron chi connectivity index (χ2n) is 4.72. The maximum atomic E-state index is 12.2. The van der Waals surface area contributed by atoms with Gasteiger partial charge in [0.15, 0.2) is 17.3 Å². The fourth-order valence-corrected chi connectivity index (χ4v) is 2.86. The van der Waals surface area contributed by atoms with E-state index in [1.807, 2.05) is 12.1 Å². The van der Waals surface area contributed by atoms with E-state index in [2.05, 4.69) is 20.6 Å². The van der Waals surface area contributed by atoms with Gasteiger partial charge in [-0.3, -0.25) is 4.79 Å². The smallest absolute Gasteiger partial charge is 0.282 e. The van der Waals surface area contributed by atoms with Crippen molar-refractivity contribution in [3.05, 3.63) is 34.6 Å². The second-order valence-corrected chi connectivity index (χ2v) is 5.68. The molecule has 8 nitrogen and oxygen atoms in total. The molecule has 3 aromatic rings. The number of ether oxygens (including phenoxy) is 2. The van der Waals surface area contributed by atoms with E-state index >= 15 is 0 Å². The summed E-state index contributed by atoms with van der Waals surface area (Å²) in [5.41, 5.74) is 0.898. The minimum Gasteiger partial charge on any atom is -0.493 e. The number of amides is 1. The normalized spacial score (nSPS) is 10.7. The van der Waals surface area contributed by atoms with Gasteiger partial charge < -0.3 is 14.8 Å². The number of hydrogen-bond acceptors (Lipinski definition) is 7. The lowest BCUT2D eigenvalue weighted by Crippen LogP contribution is -2.22. The van der Waals surface area contributed by atoms with E-state index in [0.717, 1.165) is 5.56 Å². The summed E-state index contributed by atoms with van der Waals surface area (Å²) in [6.07, 6.45) is 0. The highest BCUT2D eigenvalue weighted by molar-refractivity contribution is 7.18. The largest absolute Gasteiger partial charge is 0.493 e. The van der Waals surface area contributed by atoms with Crippen LogP contribution in [0.2, 0.25) is 0 Å². The van der Waals surface area contributed by atoms with E-state index in [4.69, 9.17) is 9.47 Å². The van der Waals surface area contributed by atoms with Crippen molar-refractivity contribution in [2.45, 2.75) is 13.5 Å². The third kappa shape index (κ3) is 2.95. The number of hydrogen-bond donors (Lipinski definition) is 1. The van der Waals surface area contributed by atoms with Gasteiger partial charge in [-0.15, -0.1) is 15.3 Å². The Hall–Kier alpha value is -2.68. The highest BCUT2D eigenvalue weighted by Gasteiger charge is 2.15. The van der Waals surface area contributed by atoms with Crippen LogP contribution in [0.4, 0.5) is 0 Å². The van der Waals surface area contributed by atoms with Crippen LogP contribution in [0, 0.1) is 6.92 Å². The number of aryl methyl sites for hydroxylation is 1. The SMILES string of the molecule is COc1ccc(CNC(=O)c2nn3c(C)nnc3s2)cc1OC. The van der Waals surface area contributed by atoms with E-state index in [0.29, 0.717) is 33.8 Å². The van der Waals surface area contributed by atoms with E-state index in [1.54, 1.807) is 31.7 Å². The molecule has 0 aliphatic heterocycles. The van der Waals surface area contributed by atoms with Crippen LogP contribution in [0.3, 0.4) is 0 Å². The molecule has 3 rings (SSSR count). The molecule has 2 heterocycles. The van der Waals surface area contributed by atoms with Gasteiger partial charge in [0.2, 0.25) is 9.97 Å². The van der Waals surface area contributed by atoms with Gasteiger partial charge in [0, 0.05) is 6.54 Å². The van der Waals surface area contributed by atoms with Crippen LogP contribution in [0.25, 0.3) is 4.96 Å². The molecule has 23 heavy (non-hydrogen) atoms. The average molecular weight is 333 g/mol. The van der Waals surface area contributed by atoms with Crippen LogP contribution in [0.5, 0.6) is 11.5 Å². The van der Waals surface area contributed by atoms with Crippen molar-refractivity contribution in [3.8, 4) is 11.5 Å². The van der Waals surface area contributed by atoms with Crippen LogP contribution >= 0.6 is 11.3 Å². The second kappa shape index (κ2) is 6.21. The summed E-state index contributed by atoms with van der Waals surface area (Å²) >= 11 is 1.20. The summed E-state index contributed by atoms with van der Waals surface area (Å²) in [5, 5.41) is 15.2. The Kier molecular flexibility index (Phi) is 4.11. The third-order valence-electron chi connectivity index (χ3n) is 3.24. The van der Waals surface area contributed by atoms with Crippen molar-refractivity contribution in [1.82, 2.24) is 25.1 Å². The Morgan fingerprint density at radius 3 is 2.74 bits per heavy atom. The molecule has 0 spiro atoms. The molecule has 1 aromatic carbocycles. The van der Waals surface area contributed by atoms with Gasteiger partial charge in [0.1, 0.15) is 0 Å². The minimum atomic E-state index is -0.255. The number of nitrogens with one attached hydrogen (secondary N) is 1. The number of carbonyl (C=O) groups is 1. The number of benzene rings is 1. The van der Waals surface area contributed by atoms with E-state index < -0.39 is 0 Å². The highest BCUT2D eigenvalue weighted by atomic mass is 32.1. The average Bonchev–Trinajstić information content (AvgIpc) is 3.14. The number of fused-ring (bicyclic) bond motifs is 1. The standard InChI is InChI=1S/C14H15N5O3S/c1-8-16-17-14-19(8)18-13(23-14)12(20)15-7-9-4-5-10(21-2)11(6-9)22-3/h4-6H,7H2,1-3H3,(H,15,20). The molecule has 0 unspecified atom stereocenters. The molecule has 1 amide bonds. The Bertz CT molecular complexity index is 857. The molecule has 0 atom stereocenters. The van der Waals surface area contributed by atoms with Gasteiger partial charge in [-0.25, -0.2) is 0 Å². The van der Waals surface area contributed by atoms with Crippen molar-refractivity contribution in [2.75, 3.05) is 14.2 Å². The molecule has 1 N–H and O–H groups in total. The lowest BCUT2D eigenvalue weighted by molar-refractivity contribution is 0.0949. The van der Waals surface area contributed by atoms with E-state index in [1.165, 1.54) is 11.3 Å². The van der Waals surface area contributed by atoms with Crippen LogP contribution in [0.15, 0.2) is 18.2 Å². The minimum absolute atomic E-state index is 0.255. The van der Waals surface area contributed by atoms with Crippen LogP contribution in [0.1, 0.15) is 21.2 Å². The van der Waals surface area contributed by atoms with Crippen molar-refractivity contribution in [3.63, 3.8) is 0 Å². The lowest BCUT2D eigenvalue weighted by Gasteiger charge is -2.09. The Morgan fingerprint density at radius 1 is 1.26 bits per heavy atom. The first-order valence-electron chi connectivity index (χ1n) is 6.80. The maximum Gasteiger partial charge on any atom is 0.282 e. The molecular weight excluding hydrogens is 318 g/mol. The van der Waals surface area contributed by atoms with Crippen molar-refractivity contribution in [1.29, 1.82) is 0 Å². The van der Waals surface area contributed by atoms with Gasteiger partial charge in [-0.1, -0.05) is 17.4 Å². The Labute approximate surface area is 136 Å². The zero-order chi connectivity index (χ0) is 16.4. The number of methoxy groups -OCH3 is 2. The monoisotopic (exact) mass is 333 g/mol. The number of rotatable bonds is 5. The zero-order valence-electron chi connectivity index (χ0n) is 12.9. The number of aromatic nitrogens is 4. The van der Waals surface area contributed by atoms with Crippen LogP contribution < -0.4 is 14.8 Å². The topological polar surface area (TPSA) is 90.6 Å². The Morgan fingerprint density at radius 2 is 2.04 bits per heavy atom. The maximum absolute atomic E-state index is 12.2. The molecule has 2 aromatic heterocycles. The highest BCUT2D eigenvalue weighted by Crippen LogP contribution is 2.27. The summed E-state index contributed by atoms with van der Waals surface area (Å²) in [7, 11) is 3.15. The molecule has 0 bridgehead atoms. The van der Waals surface area contributed by atoms with Crippen molar-refractivity contribution in [2.24, 2.45) is 0 Å². The lowest BCUT2D eigenvalue weighted by atomic mass is 10.2. The first-order valence-corrected chi connectivity index (χ1v) is 7.62. The molecule has 0 saturated heterocycles. The summed E-state index contributed by atoms with van der Waals surface area (Å²) in [5.74, 6) is 1.66. The molecule has 0 aliphatic rings. The number of nitrogens with zero attached hydrogens (tertiary/aromatic N) is 4. The van der Waals surface area contributed by atoms with Gasteiger partial charge in [0.05, 0.1) is 14.2 Å². The molecule has 0 fully saturated rings. The summed E-state index contributed by atoms with van der Waals surface area (Å²) in [6.45, 7) is 2.14. The first kappa shape index (κ1) is 15.2. The molecule has 120 valence electrons. The quantitative estimate of drug-likeness (QED) is 0.760. The molecule has 0 aliphatic carbocycles. The first-order chi connectivity index (χ1) is 11.1. The van der Waals surface area contributed by atoms with Gasteiger partial charge in [-0.05, 0) is 24.6 Å². The van der Waals surface area contributed by atoms with Gasteiger partial charge in [-0.2, -0.15) is 4.52 Å². The molecule has 0 radical (unpaired) electrons. The van der Waals surface area contributed by atoms with E-state index in [9.17, 15) is 4.79 Å². The summed E-state index contributed by atoms with van der Waals surface area (Å²) in [6, 6.07) is 5.49. The fourth-order valence-electron chi connectivity index (χ4n) is 2.06. The summed E-state index contributed by atoms with van der Waals surface area (Å²) in [4.78, 5) is 12.8. The number of carbonyl (C=O) groups excluding carboxylic acids is 1. The van der Waals surface area contributed by atoms with Crippen molar-refractivity contribution < 1.29 is 14.3 Å². The predicted octanol–water partition coefficient (Wildman–Crippen LogP) is 1.44. The van der Waals surface area contributed by atoms with Crippen molar-refractivity contribution >= 4 is 22.2 Å². The Balaban J connectivity index is 1.71. The van der Waals surface area contributed by atoms with Gasteiger partial charge >= 0.3 is 0 Å². The predicted molar refractivity (Wildman–Crippen MR) is 84.1 cm³/mol. The van der Waals surface area contributed by atoms with Gasteiger partial charge in [0.25, 0.3) is 5.91 Å². The fraction of sp³-hybridized carbons (Fsp3) is 0.286. The molecule has 0 saturated carbocycles. The van der Waals surface area contributed by atoms with Crippen LogP contribution in [-0.4, -0.2) is 39.9 Å².